The first-order valence-electron chi connectivity index (χ1n) is 5.15. The Morgan fingerprint density at radius 3 is 2.80 bits per heavy atom. The van der Waals surface area contributed by atoms with Crippen LogP contribution in [0.15, 0.2) is 47.6 Å². The van der Waals surface area contributed by atoms with Crippen LogP contribution in [-0.4, -0.2) is 10.8 Å². The van der Waals surface area contributed by atoms with Crippen LogP contribution in [0.2, 0.25) is 0 Å². The molecule has 0 saturated carbocycles. The minimum Gasteiger partial charge on any atom is -0.342 e. The molecule has 1 aliphatic heterocycles. The van der Waals surface area contributed by atoms with E-state index in [1.807, 2.05) is 6.21 Å². The van der Waals surface area contributed by atoms with Crippen molar-refractivity contribution in [3.8, 4) is 0 Å². The molecule has 2 heteroatoms. The van der Waals surface area contributed by atoms with Crippen molar-refractivity contribution in [1.82, 2.24) is 4.57 Å². The predicted octanol–water partition coefficient (Wildman–Crippen LogP) is 2.47. The van der Waals surface area contributed by atoms with Gasteiger partial charge in [0.15, 0.2) is 0 Å². The van der Waals surface area contributed by atoms with Crippen molar-refractivity contribution >= 4 is 6.21 Å². The molecule has 2 nitrogen and oxygen atoms in total. The normalized spacial score (nSPS) is 13.9. The third-order valence-corrected chi connectivity index (χ3v) is 2.81. The standard InChI is InChI=1S/C13H12N2/c1-2-5-12-10-15-7-3-6-13(15)9-14-8-11(12)4-1/h1-7,9H,8,10H2. The fourth-order valence-corrected chi connectivity index (χ4v) is 1.98. The van der Waals surface area contributed by atoms with Gasteiger partial charge >= 0.3 is 0 Å². The molecule has 0 aliphatic carbocycles. The van der Waals surface area contributed by atoms with Gasteiger partial charge in [0.25, 0.3) is 0 Å². The van der Waals surface area contributed by atoms with Crippen LogP contribution in [0.5, 0.6) is 0 Å². The van der Waals surface area contributed by atoms with E-state index >= 15 is 0 Å². The minimum absolute atomic E-state index is 0.793. The van der Waals surface area contributed by atoms with E-state index in [9.17, 15) is 0 Å². The summed E-state index contributed by atoms with van der Waals surface area (Å²) in [5, 5.41) is 0. The highest BCUT2D eigenvalue weighted by molar-refractivity contribution is 5.77. The maximum absolute atomic E-state index is 4.44. The number of nitrogens with zero attached hydrogens (tertiary/aromatic N) is 2. The van der Waals surface area contributed by atoms with Crippen LogP contribution in [-0.2, 0) is 13.1 Å². The fraction of sp³-hybridized carbons (Fsp3) is 0.154. The summed E-state index contributed by atoms with van der Waals surface area (Å²) in [5.74, 6) is 0. The number of fused-ring (bicyclic) bond motifs is 2. The molecule has 0 amide bonds. The third-order valence-electron chi connectivity index (χ3n) is 2.81. The Bertz CT molecular complexity index is 509. The van der Waals surface area contributed by atoms with Gasteiger partial charge in [-0.25, -0.2) is 0 Å². The zero-order valence-corrected chi connectivity index (χ0v) is 8.43. The quantitative estimate of drug-likeness (QED) is 0.616. The van der Waals surface area contributed by atoms with Gasteiger partial charge in [-0.05, 0) is 23.3 Å². The second-order valence-electron chi connectivity index (χ2n) is 3.80. The summed E-state index contributed by atoms with van der Waals surface area (Å²) in [6, 6.07) is 12.7. The largest absolute Gasteiger partial charge is 0.342 e. The van der Waals surface area contributed by atoms with Crippen LogP contribution >= 0.6 is 0 Å². The van der Waals surface area contributed by atoms with Crippen molar-refractivity contribution in [2.45, 2.75) is 13.1 Å². The van der Waals surface area contributed by atoms with Crippen LogP contribution in [0.1, 0.15) is 16.8 Å². The summed E-state index contributed by atoms with van der Waals surface area (Å²) >= 11 is 0. The van der Waals surface area contributed by atoms with Crippen molar-refractivity contribution in [2.24, 2.45) is 4.99 Å². The maximum Gasteiger partial charge on any atom is 0.0643 e. The fourth-order valence-electron chi connectivity index (χ4n) is 1.98. The first-order valence-corrected chi connectivity index (χ1v) is 5.15. The van der Waals surface area contributed by atoms with Crippen LogP contribution in [0, 0.1) is 0 Å². The van der Waals surface area contributed by atoms with E-state index in [0.29, 0.717) is 0 Å². The molecule has 0 saturated heterocycles. The summed E-state index contributed by atoms with van der Waals surface area (Å²) in [4.78, 5) is 4.44. The van der Waals surface area contributed by atoms with Gasteiger partial charge < -0.3 is 4.57 Å². The molecule has 2 heterocycles. The maximum atomic E-state index is 4.44. The first-order chi connectivity index (χ1) is 7.43. The molecule has 74 valence electrons. The van der Waals surface area contributed by atoms with Gasteiger partial charge in [0.2, 0.25) is 0 Å². The summed E-state index contributed by atoms with van der Waals surface area (Å²) in [5.41, 5.74) is 3.88. The Balaban J connectivity index is 2.13. The van der Waals surface area contributed by atoms with Crippen molar-refractivity contribution < 1.29 is 0 Å². The van der Waals surface area contributed by atoms with Gasteiger partial charge in [-0.15, -0.1) is 0 Å². The molecule has 3 rings (SSSR count). The van der Waals surface area contributed by atoms with Gasteiger partial charge in [0.1, 0.15) is 0 Å². The van der Waals surface area contributed by atoms with E-state index in [4.69, 9.17) is 0 Å². The monoisotopic (exact) mass is 196 g/mol. The zero-order chi connectivity index (χ0) is 10.1. The summed E-state index contributed by atoms with van der Waals surface area (Å²) in [6.07, 6.45) is 4.05. The molecule has 0 bridgehead atoms. The molecule has 0 atom stereocenters. The van der Waals surface area contributed by atoms with E-state index in [0.717, 1.165) is 13.1 Å². The number of aliphatic imine (C=N–C) groups is 1. The molecule has 0 unspecified atom stereocenters. The Morgan fingerprint density at radius 2 is 1.87 bits per heavy atom. The molecule has 0 N–H and O–H groups in total. The predicted molar refractivity (Wildman–Crippen MR) is 61.3 cm³/mol. The number of aromatic nitrogens is 1. The number of hydrogen-bond donors (Lipinski definition) is 0. The van der Waals surface area contributed by atoms with Gasteiger partial charge in [-0.3, -0.25) is 4.99 Å². The van der Waals surface area contributed by atoms with Gasteiger partial charge in [-0.2, -0.15) is 0 Å². The Morgan fingerprint density at radius 1 is 1.00 bits per heavy atom. The second kappa shape index (κ2) is 3.39. The molecular formula is C13H12N2. The molecular weight excluding hydrogens is 184 g/mol. The highest BCUT2D eigenvalue weighted by Crippen LogP contribution is 2.15. The average Bonchev–Trinajstić information content (AvgIpc) is 2.65. The van der Waals surface area contributed by atoms with Gasteiger partial charge in [0, 0.05) is 19.0 Å². The van der Waals surface area contributed by atoms with Gasteiger partial charge in [-0.1, -0.05) is 24.3 Å². The summed E-state index contributed by atoms with van der Waals surface area (Å²) in [6.45, 7) is 1.74. The summed E-state index contributed by atoms with van der Waals surface area (Å²) in [7, 11) is 0. The van der Waals surface area contributed by atoms with Crippen LogP contribution < -0.4 is 0 Å². The number of rotatable bonds is 0. The molecule has 15 heavy (non-hydrogen) atoms. The molecule has 0 spiro atoms. The average molecular weight is 196 g/mol. The molecule has 0 radical (unpaired) electrons. The van der Waals surface area contributed by atoms with E-state index in [1.54, 1.807) is 0 Å². The van der Waals surface area contributed by atoms with E-state index in [1.165, 1.54) is 16.8 Å². The molecule has 2 aromatic rings. The lowest BCUT2D eigenvalue weighted by Gasteiger charge is -2.13. The Hall–Kier alpha value is -1.83. The van der Waals surface area contributed by atoms with Crippen molar-refractivity contribution in [3.63, 3.8) is 0 Å². The minimum atomic E-state index is 0.793. The van der Waals surface area contributed by atoms with E-state index < -0.39 is 0 Å². The van der Waals surface area contributed by atoms with Crippen molar-refractivity contribution in [1.29, 1.82) is 0 Å². The smallest absolute Gasteiger partial charge is 0.0643 e. The summed E-state index contributed by atoms with van der Waals surface area (Å²) < 4.78 is 2.22. The number of benzene rings is 1. The SMILES string of the molecule is C1=NCc2ccccc2Cn2cccc21. The highest BCUT2D eigenvalue weighted by atomic mass is 15.0. The molecule has 0 fully saturated rings. The lowest BCUT2D eigenvalue weighted by Crippen LogP contribution is -2.07. The second-order valence-corrected chi connectivity index (χ2v) is 3.80. The van der Waals surface area contributed by atoms with E-state index in [2.05, 4.69) is 52.2 Å². The molecule has 1 aliphatic rings. The Labute approximate surface area is 88.9 Å². The topological polar surface area (TPSA) is 17.3 Å². The first kappa shape index (κ1) is 8.48. The lowest BCUT2D eigenvalue weighted by molar-refractivity contribution is 0.779. The van der Waals surface area contributed by atoms with Crippen molar-refractivity contribution in [2.75, 3.05) is 0 Å². The lowest BCUT2D eigenvalue weighted by atomic mass is 10.1. The third kappa shape index (κ3) is 1.48. The Kier molecular flexibility index (Phi) is 1.91. The molecule has 1 aromatic heterocycles. The van der Waals surface area contributed by atoms with Crippen molar-refractivity contribution in [3.05, 3.63) is 59.4 Å². The van der Waals surface area contributed by atoms with Crippen LogP contribution in [0.3, 0.4) is 0 Å². The highest BCUT2D eigenvalue weighted by Gasteiger charge is 2.06. The molecule has 1 aromatic carbocycles. The van der Waals surface area contributed by atoms with Gasteiger partial charge in [0.05, 0.1) is 12.2 Å². The van der Waals surface area contributed by atoms with Crippen LogP contribution in [0.25, 0.3) is 0 Å². The zero-order valence-electron chi connectivity index (χ0n) is 8.43. The van der Waals surface area contributed by atoms with E-state index in [-0.39, 0.29) is 0 Å². The number of hydrogen-bond acceptors (Lipinski definition) is 1. The van der Waals surface area contributed by atoms with Crippen LogP contribution in [0.4, 0.5) is 0 Å².